The number of rotatable bonds is 6. The van der Waals surface area contributed by atoms with Crippen LogP contribution in [-0.4, -0.2) is 18.3 Å². The maximum Gasteiger partial charge on any atom is 0.119 e. The molecule has 0 radical (unpaired) electrons. The Morgan fingerprint density at radius 1 is 1.10 bits per heavy atom. The number of hydrogen-bond acceptors (Lipinski definition) is 2. The molecule has 0 aromatic heterocycles. The molecule has 0 spiro atoms. The minimum atomic E-state index is -0.282. The highest BCUT2D eigenvalue weighted by molar-refractivity contribution is 5.37. The summed E-state index contributed by atoms with van der Waals surface area (Å²) in [5.41, 5.74) is 3.32. The van der Waals surface area contributed by atoms with Crippen LogP contribution >= 0.6 is 0 Å². The fourth-order valence-electron chi connectivity index (χ4n) is 2.85. The summed E-state index contributed by atoms with van der Waals surface area (Å²) in [4.78, 5) is 0. The monoisotopic (exact) mass is 284 g/mol. The van der Waals surface area contributed by atoms with Crippen molar-refractivity contribution in [2.75, 3.05) is 13.2 Å². The highest BCUT2D eigenvalue weighted by atomic mass is 16.5. The Labute approximate surface area is 127 Å². The van der Waals surface area contributed by atoms with E-state index < -0.39 is 0 Å². The van der Waals surface area contributed by atoms with Crippen molar-refractivity contribution >= 4 is 0 Å². The first-order chi connectivity index (χ1) is 10.1. The van der Waals surface area contributed by atoms with Gasteiger partial charge in [0.1, 0.15) is 5.75 Å². The molecule has 2 nitrogen and oxygen atoms in total. The molecule has 0 saturated carbocycles. The summed E-state index contributed by atoms with van der Waals surface area (Å²) in [6, 6.07) is 16.4. The second-order valence-corrected chi connectivity index (χ2v) is 5.79. The van der Waals surface area contributed by atoms with E-state index in [4.69, 9.17) is 4.74 Å². The molecule has 0 saturated heterocycles. The van der Waals surface area contributed by atoms with E-state index in [0.717, 1.165) is 12.2 Å². The predicted octanol–water partition coefficient (Wildman–Crippen LogP) is 3.89. The minimum absolute atomic E-state index is 0.122. The average Bonchev–Trinajstić information content (AvgIpc) is 2.48. The van der Waals surface area contributed by atoms with E-state index in [2.05, 4.69) is 38.1 Å². The van der Waals surface area contributed by atoms with Crippen LogP contribution in [0.3, 0.4) is 0 Å². The Hall–Kier alpha value is -1.80. The molecule has 21 heavy (non-hydrogen) atoms. The summed E-state index contributed by atoms with van der Waals surface area (Å²) in [7, 11) is 0. The third kappa shape index (κ3) is 3.64. The van der Waals surface area contributed by atoms with Gasteiger partial charge in [0.05, 0.1) is 13.2 Å². The molecule has 0 aliphatic heterocycles. The fraction of sp³-hybridized carbons (Fsp3) is 0.368. The lowest BCUT2D eigenvalue weighted by Gasteiger charge is -2.30. The maximum absolute atomic E-state index is 9.97. The van der Waals surface area contributed by atoms with Crippen molar-refractivity contribution in [1.82, 2.24) is 0 Å². The van der Waals surface area contributed by atoms with Crippen LogP contribution in [0, 0.1) is 6.92 Å². The van der Waals surface area contributed by atoms with Gasteiger partial charge in [-0.05, 0) is 49.1 Å². The van der Waals surface area contributed by atoms with Gasteiger partial charge in [-0.25, -0.2) is 0 Å². The molecule has 1 unspecified atom stereocenters. The van der Waals surface area contributed by atoms with Gasteiger partial charge in [-0.1, -0.05) is 43.3 Å². The maximum atomic E-state index is 9.97. The van der Waals surface area contributed by atoms with Crippen molar-refractivity contribution < 1.29 is 9.84 Å². The van der Waals surface area contributed by atoms with E-state index in [1.165, 1.54) is 16.7 Å². The molecular formula is C19H24O2. The van der Waals surface area contributed by atoms with Crippen LogP contribution in [0.25, 0.3) is 0 Å². The number of hydrogen-bond donors (Lipinski definition) is 1. The molecule has 0 bridgehead atoms. The Morgan fingerprint density at radius 3 is 2.52 bits per heavy atom. The third-order valence-electron chi connectivity index (χ3n) is 3.95. The molecule has 2 aromatic rings. The minimum Gasteiger partial charge on any atom is -0.494 e. The summed E-state index contributed by atoms with van der Waals surface area (Å²) in [5, 5.41) is 9.97. The zero-order valence-electron chi connectivity index (χ0n) is 13.1. The molecule has 2 aromatic carbocycles. The molecule has 0 fully saturated rings. The van der Waals surface area contributed by atoms with Crippen molar-refractivity contribution in [3.05, 3.63) is 65.2 Å². The highest BCUT2D eigenvalue weighted by Gasteiger charge is 2.27. The van der Waals surface area contributed by atoms with Crippen LogP contribution < -0.4 is 4.74 Å². The largest absolute Gasteiger partial charge is 0.494 e. The summed E-state index contributed by atoms with van der Waals surface area (Å²) in [5.74, 6) is 0.889. The van der Waals surface area contributed by atoms with Crippen LogP contribution in [0.2, 0.25) is 0 Å². The number of benzene rings is 2. The van der Waals surface area contributed by atoms with Gasteiger partial charge >= 0.3 is 0 Å². The van der Waals surface area contributed by atoms with Crippen LogP contribution in [-0.2, 0) is 11.8 Å². The van der Waals surface area contributed by atoms with E-state index in [1.807, 2.05) is 31.2 Å². The van der Waals surface area contributed by atoms with Gasteiger partial charge in [0, 0.05) is 5.41 Å². The normalized spacial score (nSPS) is 13.7. The quantitative estimate of drug-likeness (QED) is 0.872. The van der Waals surface area contributed by atoms with Gasteiger partial charge in [-0.3, -0.25) is 0 Å². The zero-order chi connectivity index (χ0) is 15.3. The van der Waals surface area contributed by atoms with E-state index in [9.17, 15) is 5.11 Å². The molecule has 1 N–H and O–H groups in total. The lowest BCUT2D eigenvalue weighted by Crippen LogP contribution is -2.30. The van der Waals surface area contributed by atoms with Gasteiger partial charge in [-0.2, -0.15) is 0 Å². The zero-order valence-corrected chi connectivity index (χ0v) is 13.1. The first kappa shape index (κ1) is 15.6. The van der Waals surface area contributed by atoms with Gasteiger partial charge in [0.25, 0.3) is 0 Å². The standard InChI is InChI=1S/C19H24O2/c1-4-21-17-10-7-9-16(12-17)13-19(3,14-20)18-11-6-5-8-15(18)2/h5-12,20H,4,13-14H2,1-3H3. The van der Waals surface area contributed by atoms with Crippen LogP contribution in [0.15, 0.2) is 48.5 Å². The van der Waals surface area contributed by atoms with Crippen molar-refractivity contribution in [1.29, 1.82) is 0 Å². The second-order valence-electron chi connectivity index (χ2n) is 5.79. The lowest BCUT2D eigenvalue weighted by atomic mass is 9.76. The smallest absolute Gasteiger partial charge is 0.119 e. The first-order valence-electron chi connectivity index (χ1n) is 7.48. The Bertz CT molecular complexity index is 592. The number of ether oxygens (including phenoxy) is 1. The van der Waals surface area contributed by atoms with E-state index in [1.54, 1.807) is 0 Å². The molecule has 1 atom stereocenters. The molecule has 2 heteroatoms. The molecule has 112 valence electrons. The molecular weight excluding hydrogens is 260 g/mol. The van der Waals surface area contributed by atoms with Gasteiger partial charge in [-0.15, -0.1) is 0 Å². The summed E-state index contributed by atoms with van der Waals surface area (Å²) < 4.78 is 5.56. The van der Waals surface area contributed by atoms with Gasteiger partial charge < -0.3 is 9.84 Å². The average molecular weight is 284 g/mol. The Balaban J connectivity index is 2.30. The second kappa shape index (κ2) is 6.77. The van der Waals surface area contributed by atoms with Crippen molar-refractivity contribution in [2.45, 2.75) is 32.6 Å². The first-order valence-corrected chi connectivity index (χ1v) is 7.48. The molecule has 0 heterocycles. The van der Waals surface area contributed by atoms with E-state index in [-0.39, 0.29) is 12.0 Å². The van der Waals surface area contributed by atoms with Gasteiger partial charge in [0.15, 0.2) is 0 Å². The third-order valence-corrected chi connectivity index (χ3v) is 3.95. The van der Waals surface area contributed by atoms with Gasteiger partial charge in [0.2, 0.25) is 0 Å². The molecule has 0 amide bonds. The Kier molecular flexibility index (Phi) is 5.03. The van der Waals surface area contributed by atoms with Crippen molar-refractivity contribution in [2.24, 2.45) is 0 Å². The number of aryl methyl sites for hydroxylation is 1. The van der Waals surface area contributed by atoms with Crippen LogP contribution in [0.1, 0.15) is 30.5 Å². The molecule has 2 rings (SSSR count). The van der Waals surface area contributed by atoms with E-state index >= 15 is 0 Å². The van der Waals surface area contributed by atoms with Crippen molar-refractivity contribution in [3.8, 4) is 5.75 Å². The Morgan fingerprint density at radius 2 is 1.86 bits per heavy atom. The topological polar surface area (TPSA) is 29.5 Å². The predicted molar refractivity (Wildman–Crippen MR) is 86.9 cm³/mol. The summed E-state index contributed by atoms with van der Waals surface area (Å²) in [6.45, 7) is 6.98. The van der Waals surface area contributed by atoms with Crippen LogP contribution in [0.4, 0.5) is 0 Å². The molecule has 0 aliphatic carbocycles. The summed E-state index contributed by atoms with van der Waals surface area (Å²) >= 11 is 0. The molecule has 0 aliphatic rings. The van der Waals surface area contributed by atoms with Crippen molar-refractivity contribution in [3.63, 3.8) is 0 Å². The number of aliphatic hydroxyl groups is 1. The highest BCUT2D eigenvalue weighted by Crippen LogP contribution is 2.31. The SMILES string of the molecule is CCOc1cccc(CC(C)(CO)c2ccccc2C)c1. The van der Waals surface area contributed by atoms with E-state index in [0.29, 0.717) is 6.61 Å². The lowest BCUT2D eigenvalue weighted by molar-refractivity contribution is 0.204. The number of aliphatic hydroxyl groups excluding tert-OH is 1. The fourth-order valence-corrected chi connectivity index (χ4v) is 2.85. The summed E-state index contributed by atoms with van der Waals surface area (Å²) in [6.07, 6.45) is 0.787. The van der Waals surface area contributed by atoms with Crippen LogP contribution in [0.5, 0.6) is 5.75 Å².